The Labute approximate surface area is 180 Å². The zero-order valence-corrected chi connectivity index (χ0v) is 17.3. The number of carbonyl (C=O) groups is 3. The molecule has 1 unspecified atom stereocenters. The third-order valence-electron chi connectivity index (χ3n) is 5.66. The summed E-state index contributed by atoms with van der Waals surface area (Å²) in [6, 6.07) is 14.4. The fourth-order valence-corrected chi connectivity index (χ4v) is 4.01. The average Bonchev–Trinajstić information content (AvgIpc) is 3.39. The number of ether oxygens (including phenoxy) is 2. The summed E-state index contributed by atoms with van der Waals surface area (Å²) >= 11 is 0. The zero-order valence-electron chi connectivity index (χ0n) is 17.3. The first kappa shape index (κ1) is 21.0. The SMILES string of the molecule is Cc1ccc(-c2cccc(C(=O)NCC(=O)N3CC4(CC3C(N)=O)OCCO4)c2)cc1. The summed E-state index contributed by atoms with van der Waals surface area (Å²) < 4.78 is 11.2. The molecule has 3 amide bonds. The van der Waals surface area contributed by atoms with Crippen molar-refractivity contribution in [1.82, 2.24) is 10.2 Å². The molecule has 0 aliphatic carbocycles. The minimum atomic E-state index is -0.984. The van der Waals surface area contributed by atoms with Crippen LogP contribution in [0.15, 0.2) is 48.5 Å². The first-order valence-corrected chi connectivity index (χ1v) is 10.2. The summed E-state index contributed by atoms with van der Waals surface area (Å²) in [5.74, 6) is -2.40. The summed E-state index contributed by atoms with van der Waals surface area (Å²) in [5, 5.41) is 2.64. The lowest BCUT2D eigenvalue weighted by atomic mass is 10.0. The van der Waals surface area contributed by atoms with Gasteiger partial charge in [0, 0.05) is 12.0 Å². The molecule has 2 aliphatic heterocycles. The van der Waals surface area contributed by atoms with Crippen molar-refractivity contribution in [2.45, 2.75) is 25.2 Å². The van der Waals surface area contributed by atoms with E-state index in [0.29, 0.717) is 18.8 Å². The molecule has 2 aliphatic rings. The van der Waals surface area contributed by atoms with Crippen molar-refractivity contribution >= 4 is 17.7 Å². The number of nitrogens with two attached hydrogens (primary N) is 1. The number of aryl methyl sites for hydroxylation is 1. The first-order valence-electron chi connectivity index (χ1n) is 10.2. The summed E-state index contributed by atoms with van der Waals surface area (Å²) in [4.78, 5) is 38.6. The largest absolute Gasteiger partial charge is 0.368 e. The van der Waals surface area contributed by atoms with Gasteiger partial charge in [-0.3, -0.25) is 14.4 Å². The van der Waals surface area contributed by atoms with Gasteiger partial charge in [-0.25, -0.2) is 0 Å². The normalized spacial score (nSPS) is 19.5. The van der Waals surface area contributed by atoms with Crippen molar-refractivity contribution in [3.8, 4) is 11.1 Å². The number of amides is 3. The average molecular weight is 423 g/mol. The van der Waals surface area contributed by atoms with Crippen molar-refractivity contribution in [1.29, 1.82) is 0 Å². The Hall–Kier alpha value is -3.23. The molecule has 0 bridgehead atoms. The summed E-state index contributed by atoms with van der Waals surface area (Å²) in [5.41, 5.74) is 8.98. The summed E-state index contributed by atoms with van der Waals surface area (Å²) in [6.45, 7) is 2.68. The van der Waals surface area contributed by atoms with E-state index in [1.807, 2.05) is 37.3 Å². The van der Waals surface area contributed by atoms with E-state index in [2.05, 4.69) is 5.32 Å². The van der Waals surface area contributed by atoms with Crippen LogP contribution in [0.2, 0.25) is 0 Å². The van der Waals surface area contributed by atoms with Gasteiger partial charge in [0.1, 0.15) is 6.04 Å². The Kier molecular flexibility index (Phi) is 5.75. The molecule has 162 valence electrons. The molecule has 2 aromatic rings. The number of nitrogens with one attached hydrogen (secondary N) is 1. The van der Waals surface area contributed by atoms with Crippen LogP contribution in [-0.4, -0.2) is 60.8 Å². The van der Waals surface area contributed by atoms with Gasteiger partial charge in [-0.15, -0.1) is 0 Å². The minimum absolute atomic E-state index is 0.109. The molecule has 1 spiro atoms. The maximum Gasteiger partial charge on any atom is 0.251 e. The maximum atomic E-state index is 12.7. The van der Waals surface area contributed by atoms with E-state index >= 15 is 0 Å². The van der Waals surface area contributed by atoms with Crippen LogP contribution in [0.1, 0.15) is 22.3 Å². The molecular weight excluding hydrogens is 398 g/mol. The third kappa shape index (κ3) is 4.45. The van der Waals surface area contributed by atoms with Gasteiger partial charge in [0.25, 0.3) is 5.91 Å². The highest BCUT2D eigenvalue weighted by molar-refractivity contribution is 5.98. The molecule has 3 N–H and O–H groups in total. The van der Waals surface area contributed by atoms with Crippen LogP contribution in [0, 0.1) is 6.92 Å². The number of primary amides is 1. The Bertz CT molecular complexity index is 999. The van der Waals surface area contributed by atoms with Gasteiger partial charge in [0.15, 0.2) is 5.79 Å². The number of carbonyl (C=O) groups excluding carboxylic acids is 3. The molecule has 2 saturated heterocycles. The van der Waals surface area contributed by atoms with E-state index < -0.39 is 23.6 Å². The zero-order chi connectivity index (χ0) is 22.0. The molecule has 2 aromatic carbocycles. The lowest BCUT2D eigenvalue weighted by Crippen LogP contribution is -2.48. The fourth-order valence-electron chi connectivity index (χ4n) is 4.01. The van der Waals surface area contributed by atoms with Crippen LogP contribution < -0.4 is 11.1 Å². The molecule has 8 heteroatoms. The van der Waals surface area contributed by atoms with E-state index in [1.54, 1.807) is 18.2 Å². The number of hydrogen-bond acceptors (Lipinski definition) is 5. The molecule has 0 aromatic heterocycles. The monoisotopic (exact) mass is 423 g/mol. The highest BCUT2D eigenvalue weighted by Crippen LogP contribution is 2.34. The molecule has 2 heterocycles. The minimum Gasteiger partial charge on any atom is -0.368 e. The van der Waals surface area contributed by atoms with Crippen molar-refractivity contribution in [3.63, 3.8) is 0 Å². The Morgan fingerprint density at radius 2 is 1.81 bits per heavy atom. The molecule has 0 saturated carbocycles. The van der Waals surface area contributed by atoms with Crippen molar-refractivity contribution in [2.75, 3.05) is 26.3 Å². The summed E-state index contributed by atoms with van der Waals surface area (Å²) in [7, 11) is 0. The Morgan fingerprint density at radius 3 is 2.48 bits per heavy atom. The molecular formula is C23H25N3O5. The molecule has 8 nitrogen and oxygen atoms in total. The number of hydrogen-bond donors (Lipinski definition) is 2. The number of nitrogens with zero attached hydrogens (tertiary/aromatic N) is 1. The van der Waals surface area contributed by atoms with Crippen molar-refractivity contribution in [3.05, 3.63) is 59.7 Å². The number of rotatable bonds is 5. The number of benzene rings is 2. The van der Waals surface area contributed by atoms with Gasteiger partial charge >= 0.3 is 0 Å². The topological polar surface area (TPSA) is 111 Å². The van der Waals surface area contributed by atoms with Gasteiger partial charge in [-0.1, -0.05) is 42.0 Å². The van der Waals surface area contributed by atoms with Crippen LogP contribution in [0.5, 0.6) is 0 Å². The van der Waals surface area contributed by atoms with Crippen molar-refractivity contribution < 1.29 is 23.9 Å². The van der Waals surface area contributed by atoms with Gasteiger partial charge in [0.2, 0.25) is 11.8 Å². The standard InChI is InChI=1S/C23H25N3O5/c1-15-5-7-16(8-6-15)17-3-2-4-18(11-17)22(29)25-13-20(27)26-14-23(30-9-10-31-23)12-19(26)21(24)28/h2-8,11,19H,9-10,12-14H2,1H3,(H2,24,28)(H,25,29). The number of likely N-dealkylation sites (tertiary alicyclic amines) is 1. The van der Waals surface area contributed by atoms with E-state index in [4.69, 9.17) is 15.2 Å². The van der Waals surface area contributed by atoms with E-state index in [0.717, 1.165) is 16.7 Å². The third-order valence-corrected chi connectivity index (χ3v) is 5.66. The smallest absolute Gasteiger partial charge is 0.251 e. The molecule has 2 fully saturated rings. The van der Waals surface area contributed by atoms with E-state index in [9.17, 15) is 14.4 Å². The van der Waals surface area contributed by atoms with Crippen LogP contribution >= 0.6 is 0 Å². The molecule has 0 radical (unpaired) electrons. The van der Waals surface area contributed by atoms with Crippen molar-refractivity contribution in [2.24, 2.45) is 5.73 Å². The van der Waals surface area contributed by atoms with E-state index in [-0.39, 0.29) is 25.4 Å². The Morgan fingerprint density at radius 1 is 1.10 bits per heavy atom. The van der Waals surface area contributed by atoms with Gasteiger partial charge in [-0.2, -0.15) is 0 Å². The summed E-state index contributed by atoms with van der Waals surface area (Å²) in [6.07, 6.45) is 0.195. The van der Waals surface area contributed by atoms with Gasteiger partial charge in [0.05, 0.1) is 26.3 Å². The van der Waals surface area contributed by atoms with Crippen LogP contribution in [0.3, 0.4) is 0 Å². The molecule has 31 heavy (non-hydrogen) atoms. The maximum absolute atomic E-state index is 12.7. The second kappa shape index (κ2) is 8.49. The predicted molar refractivity (Wildman–Crippen MR) is 113 cm³/mol. The van der Waals surface area contributed by atoms with Crippen LogP contribution in [0.4, 0.5) is 0 Å². The highest BCUT2D eigenvalue weighted by atomic mass is 16.7. The second-order valence-electron chi connectivity index (χ2n) is 7.88. The second-order valence-corrected chi connectivity index (χ2v) is 7.88. The first-order chi connectivity index (χ1) is 14.9. The van der Waals surface area contributed by atoms with Gasteiger partial charge in [-0.05, 0) is 30.2 Å². The van der Waals surface area contributed by atoms with E-state index in [1.165, 1.54) is 4.90 Å². The quantitative estimate of drug-likeness (QED) is 0.751. The highest BCUT2D eigenvalue weighted by Gasteiger charge is 2.51. The predicted octanol–water partition coefficient (Wildman–Crippen LogP) is 1.22. The van der Waals surface area contributed by atoms with Gasteiger partial charge < -0.3 is 25.4 Å². The lowest BCUT2D eigenvalue weighted by molar-refractivity contribution is -0.152. The molecule has 1 atom stereocenters. The fraction of sp³-hybridized carbons (Fsp3) is 0.348. The van der Waals surface area contributed by atoms with Crippen LogP contribution in [-0.2, 0) is 19.1 Å². The Balaban J connectivity index is 1.41. The molecule has 4 rings (SSSR count). The van der Waals surface area contributed by atoms with Crippen LogP contribution in [0.25, 0.3) is 11.1 Å². The lowest BCUT2D eigenvalue weighted by Gasteiger charge is -2.23.